The van der Waals surface area contributed by atoms with E-state index in [-0.39, 0.29) is 18.2 Å². The van der Waals surface area contributed by atoms with Gasteiger partial charge in [-0.05, 0) is 75.4 Å². The predicted molar refractivity (Wildman–Crippen MR) is 185 cm³/mol. The summed E-state index contributed by atoms with van der Waals surface area (Å²) in [7, 11) is 0. The van der Waals surface area contributed by atoms with Gasteiger partial charge in [-0.3, -0.25) is 9.59 Å². The molecule has 0 spiro atoms. The Labute approximate surface area is 275 Å². The third-order valence-corrected chi connectivity index (χ3v) is 7.74. The topological polar surface area (TPSA) is 87.7 Å². The molecule has 2 atom stereocenters. The monoisotopic (exact) mass is 623 g/mol. The third-order valence-electron chi connectivity index (χ3n) is 7.74. The molecule has 0 heterocycles. The maximum Gasteiger partial charge on any atom is 0.408 e. The number of benzene rings is 3. The van der Waals surface area contributed by atoms with Gasteiger partial charge in [0.15, 0.2) is 0 Å². The minimum atomic E-state index is -0.983. The van der Waals surface area contributed by atoms with E-state index in [2.05, 4.69) is 23.5 Å². The van der Waals surface area contributed by atoms with Crippen LogP contribution in [0.4, 0.5) is 10.5 Å². The van der Waals surface area contributed by atoms with Gasteiger partial charge in [0.25, 0.3) is 5.91 Å². The van der Waals surface area contributed by atoms with Crippen molar-refractivity contribution in [2.75, 3.05) is 11.9 Å². The number of alkyl carbamates (subject to hydrolysis) is 1. The lowest BCUT2D eigenvalue weighted by molar-refractivity contribution is -0.140. The van der Waals surface area contributed by atoms with E-state index in [0.717, 1.165) is 42.4 Å². The van der Waals surface area contributed by atoms with Crippen LogP contribution in [0.15, 0.2) is 72.8 Å². The van der Waals surface area contributed by atoms with Crippen molar-refractivity contribution >= 4 is 23.6 Å². The minimum Gasteiger partial charge on any atom is -0.444 e. The molecule has 2 N–H and O–H groups in total. The first kappa shape index (κ1) is 35.9. The highest BCUT2D eigenvalue weighted by molar-refractivity contribution is 6.00. The van der Waals surface area contributed by atoms with Gasteiger partial charge in [-0.15, -0.1) is 6.42 Å². The van der Waals surface area contributed by atoms with Gasteiger partial charge in [0.2, 0.25) is 5.91 Å². The third kappa shape index (κ3) is 10.8. The number of ether oxygens (including phenoxy) is 1. The Balaban J connectivity index is 2.10. The lowest BCUT2D eigenvalue weighted by atomic mass is 9.98. The summed E-state index contributed by atoms with van der Waals surface area (Å²) in [6.45, 7) is 11.7. The van der Waals surface area contributed by atoms with Gasteiger partial charge < -0.3 is 20.3 Å². The molecule has 3 rings (SSSR count). The summed E-state index contributed by atoms with van der Waals surface area (Å²) in [6.07, 6.45) is 9.99. The van der Waals surface area contributed by atoms with Crippen molar-refractivity contribution in [3.63, 3.8) is 0 Å². The number of anilines is 1. The fourth-order valence-corrected chi connectivity index (χ4v) is 5.39. The summed E-state index contributed by atoms with van der Waals surface area (Å²) >= 11 is 0. The Hall–Kier alpha value is -4.57. The number of nitrogens with one attached hydrogen (secondary N) is 2. The highest BCUT2D eigenvalue weighted by atomic mass is 16.6. The van der Waals surface area contributed by atoms with Crippen molar-refractivity contribution in [2.45, 2.75) is 97.8 Å². The molecule has 0 radical (unpaired) electrons. The van der Waals surface area contributed by atoms with Crippen molar-refractivity contribution in [3.05, 3.63) is 101 Å². The zero-order valence-corrected chi connectivity index (χ0v) is 28.2. The molecule has 0 fully saturated rings. The average molecular weight is 624 g/mol. The number of amides is 3. The number of carbonyl (C=O) groups excluding carboxylic acids is 3. The van der Waals surface area contributed by atoms with E-state index in [1.165, 1.54) is 0 Å². The van der Waals surface area contributed by atoms with Crippen molar-refractivity contribution in [1.29, 1.82) is 0 Å². The summed E-state index contributed by atoms with van der Waals surface area (Å²) in [5, 5.41) is 5.96. The SMILES string of the molecule is C#Cc1ccc(C(C(=O)Nc2c(C)cccc2C)N(CCCCCCC)C(=O)C(Cc2ccccc2)NC(=O)OC(C)(C)C)cc1. The van der Waals surface area contributed by atoms with Crippen LogP contribution in [-0.2, 0) is 20.7 Å². The summed E-state index contributed by atoms with van der Waals surface area (Å²) in [5.41, 5.74) is 3.96. The number of nitrogens with zero attached hydrogens (tertiary/aromatic N) is 1. The van der Waals surface area contributed by atoms with E-state index < -0.39 is 23.8 Å². The van der Waals surface area contributed by atoms with Crippen LogP contribution in [0.25, 0.3) is 0 Å². The minimum absolute atomic E-state index is 0.229. The van der Waals surface area contributed by atoms with Gasteiger partial charge in [-0.25, -0.2) is 4.79 Å². The van der Waals surface area contributed by atoms with E-state index in [9.17, 15) is 14.4 Å². The van der Waals surface area contributed by atoms with E-state index in [4.69, 9.17) is 11.2 Å². The van der Waals surface area contributed by atoms with Crippen LogP contribution < -0.4 is 10.6 Å². The molecule has 3 amide bonds. The number of carbonyl (C=O) groups is 3. The van der Waals surface area contributed by atoms with Gasteiger partial charge in [0.05, 0.1) is 0 Å². The molecule has 0 saturated heterocycles. The van der Waals surface area contributed by atoms with Crippen LogP contribution in [-0.4, -0.2) is 41.0 Å². The molecule has 0 aliphatic rings. The van der Waals surface area contributed by atoms with Crippen LogP contribution in [0.3, 0.4) is 0 Å². The second-order valence-corrected chi connectivity index (χ2v) is 12.8. The quantitative estimate of drug-likeness (QED) is 0.141. The van der Waals surface area contributed by atoms with E-state index >= 15 is 0 Å². The van der Waals surface area contributed by atoms with Gasteiger partial charge in [0.1, 0.15) is 17.7 Å². The lowest BCUT2D eigenvalue weighted by Crippen LogP contribution is -2.53. The second-order valence-electron chi connectivity index (χ2n) is 12.8. The largest absolute Gasteiger partial charge is 0.444 e. The average Bonchev–Trinajstić information content (AvgIpc) is 3.01. The molecule has 0 aliphatic carbocycles. The van der Waals surface area contributed by atoms with Crippen LogP contribution in [0.1, 0.15) is 93.7 Å². The molecule has 0 bridgehead atoms. The van der Waals surface area contributed by atoms with Crippen LogP contribution in [0.2, 0.25) is 0 Å². The molecule has 244 valence electrons. The number of terminal acetylenes is 1. The molecular formula is C39H49N3O4. The molecule has 0 aromatic heterocycles. The maximum atomic E-state index is 14.7. The van der Waals surface area contributed by atoms with Crippen LogP contribution in [0, 0.1) is 26.2 Å². The smallest absolute Gasteiger partial charge is 0.408 e. The summed E-state index contributed by atoms with van der Waals surface area (Å²) < 4.78 is 5.57. The standard InChI is InChI=1S/C39H49N3O4/c1-8-10-11-12-16-26-42(37(44)33(27-31-20-14-13-15-21-31)40-38(45)46-39(5,6)7)35(32-24-22-30(9-2)23-25-32)36(43)41-34-28(3)18-17-19-29(34)4/h2,13-15,17-25,33,35H,8,10-12,16,26-27H2,1,3-7H3,(H,40,45)(H,41,43). The zero-order chi connectivity index (χ0) is 33.7. The van der Waals surface area contributed by atoms with Crippen molar-refractivity contribution < 1.29 is 19.1 Å². The van der Waals surface area contributed by atoms with Crippen LogP contribution in [0.5, 0.6) is 0 Å². The molecule has 3 aromatic rings. The first-order valence-corrected chi connectivity index (χ1v) is 16.2. The number of para-hydroxylation sites is 1. The number of hydrogen-bond acceptors (Lipinski definition) is 4. The van der Waals surface area contributed by atoms with Gasteiger partial charge >= 0.3 is 6.09 Å². The number of aryl methyl sites for hydroxylation is 2. The Morgan fingerprint density at radius 3 is 2.09 bits per heavy atom. The Morgan fingerprint density at radius 2 is 1.50 bits per heavy atom. The Bertz CT molecular complexity index is 1470. The normalized spacial score (nSPS) is 12.4. The molecule has 2 unspecified atom stereocenters. The van der Waals surface area contributed by atoms with Crippen molar-refractivity contribution in [3.8, 4) is 12.3 Å². The molecule has 7 heteroatoms. The zero-order valence-electron chi connectivity index (χ0n) is 28.2. The van der Waals surface area contributed by atoms with E-state index in [1.54, 1.807) is 49.9 Å². The van der Waals surface area contributed by atoms with E-state index in [1.807, 2.05) is 62.4 Å². The lowest BCUT2D eigenvalue weighted by Gasteiger charge is -2.35. The Morgan fingerprint density at radius 1 is 0.870 bits per heavy atom. The van der Waals surface area contributed by atoms with Gasteiger partial charge in [-0.2, -0.15) is 0 Å². The first-order valence-electron chi connectivity index (χ1n) is 16.2. The number of hydrogen-bond donors (Lipinski definition) is 2. The summed E-state index contributed by atoms with van der Waals surface area (Å²) in [5.74, 6) is 1.91. The van der Waals surface area contributed by atoms with Crippen molar-refractivity contribution in [2.24, 2.45) is 0 Å². The fraction of sp³-hybridized carbons (Fsp3) is 0.410. The molecule has 46 heavy (non-hydrogen) atoms. The fourth-order valence-electron chi connectivity index (χ4n) is 5.39. The molecular weight excluding hydrogens is 574 g/mol. The molecule has 0 saturated carbocycles. The molecule has 3 aromatic carbocycles. The van der Waals surface area contributed by atoms with Gasteiger partial charge in [0, 0.05) is 24.2 Å². The maximum absolute atomic E-state index is 14.7. The summed E-state index contributed by atoms with van der Waals surface area (Å²) in [4.78, 5) is 43.8. The first-order chi connectivity index (χ1) is 21.9. The number of unbranched alkanes of at least 4 members (excludes halogenated alkanes) is 4. The summed E-state index contributed by atoms with van der Waals surface area (Å²) in [6, 6.07) is 20.5. The van der Waals surface area contributed by atoms with E-state index in [0.29, 0.717) is 29.8 Å². The highest BCUT2D eigenvalue weighted by Gasteiger charge is 2.36. The molecule has 0 aliphatic heterocycles. The Kier molecular flexibility index (Phi) is 13.4. The van der Waals surface area contributed by atoms with Crippen LogP contribution >= 0.6 is 0 Å². The second kappa shape index (κ2) is 17.2. The molecule has 7 nitrogen and oxygen atoms in total. The highest BCUT2D eigenvalue weighted by Crippen LogP contribution is 2.28. The predicted octanol–water partition coefficient (Wildman–Crippen LogP) is 7.90. The number of rotatable bonds is 14. The van der Waals surface area contributed by atoms with Crippen molar-refractivity contribution in [1.82, 2.24) is 10.2 Å². The van der Waals surface area contributed by atoms with Gasteiger partial charge in [-0.1, -0.05) is 99.2 Å².